The third kappa shape index (κ3) is 5.03. The molecule has 1 unspecified atom stereocenters. The van der Waals surface area contributed by atoms with Gasteiger partial charge in [0.1, 0.15) is 0 Å². The molecule has 6 heteroatoms. The van der Waals surface area contributed by atoms with Gasteiger partial charge in [-0.15, -0.1) is 5.10 Å². The topological polar surface area (TPSA) is 62.7 Å². The minimum Gasteiger partial charge on any atom is -0.313 e. The molecule has 1 atom stereocenters. The molecule has 0 aliphatic heterocycles. The highest BCUT2D eigenvalue weighted by atomic mass is 32.2. The fourth-order valence-corrected chi connectivity index (χ4v) is 3.09. The zero-order valence-corrected chi connectivity index (χ0v) is 13.2. The van der Waals surface area contributed by atoms with Gasteiger partial charge in [0.15, 0.2) is 5.16 Å². The van der Waals surface area contributed by atoms with E-state index in [1.165, 1.54) is 0 Å². The van der Waals surface area contributed by atoms with Crippen LogP contribution in [0.3, 0.4) is 0 Å². The largest absolute Gasteiger partial charge is 0.343 e. The predicted molar refractivity (Wildman–Crippen MR) is 80.8 cm³/mol. The molecule has 0 aromatic carbocycles. The highest BCUT2D eigenvalue weighted by Gasteiger charge is 2.15. The normalized spacial score (nSPS) is 13.1. The van der Waals surface area contributed by atoms with Crippen molar-refractivity contribution in [2.45, 2.75) is 58.3 Å². The van der Waals surface area contributed by atoms with Gasteiger partial charge < -0.3 is 5.32 Å². The molecule has 0 aliphatic rings. The van der Waals surface area contributed by atoms with Crippen molar-refractivity contribution < 1.29 is 0 Å². The molecule has 1 heterocycles. The Hall–Kier alpha value is -0.750. The fourth-order valence-electron chi connectivity index (χ4n) is 1.82. The van der Waals surface area contributed by atoms with Crippen LogP contribution >= 0.6 is 11.8 Å². The maximum Gasteiger partial charge on any atom is 0.343 e. The molecule has 0 bridgehead atoms. The van der Waals surface area contributed by atoms with Crippen LogP contribution in [0.1, 0.15) is 40.5 Å². The lowest BCUT2D eigenvalue weighted by Crippen LogP contribution is -2.36. The second kappa shape index (κ2) is 8.43. The molecule has 1 rings (SSSR count). The summed E-state index contributed by atoms with van der Waals surface area (Å²) < 4.78 is 1.72. The summed E-state index contributed by atoms with van der Waals surface area (Å²) in [5.41, 5.74) is -0.105. The van der Waals surface area contributed by atoms with E-state index in [9.17, 15) is 4.79 Å². The summed E-state index contributed by atoms with van der Waals surface area (Å²) in [6, 6.07) is 0.451. The van der Waals surface area contributed by atoms with Crippen LogP contribution in [0.5, 0.6) is 0 Å². The van der Waals surface area contributed by atoms with Crippen molar-refractivity contribution in [1.82, 2.24) is 20.1 Å². The van der Waals surface area contributed by atoms with Gasteiger partial charge >= 0.3 is 5.69 Å². The van der Waals surface area contributed by atoms with Gasteiger partial charge in [0, 0.05) is 18.3 Å². The first kappa shape index (κ1) is 16.3. The first-order chi connectivity index (χ1) is 9.10. The first-order valence-corrected chi connectivity index (χ1v) is 8.10. The average molecular weight is 286 g/mol. The van der Waals surface area contributed by atoms with Crippen LogP contribution in [0.4, 0.5) is 0 Å². The lowest BCUT2D eigenvalue weighted by molar-refractivity contribution is 0.433. The van der Waals surface area contributed by atoms with Crippen LogP contribution in [0.25, 0.3) is 0 Å². The quantitative estimate of drug-likeness (QED) is 0.682. The van der Waals surface area contributed by atoms with E-state index in [0.717, 1.165) is 36.8 Å². The maximum atomic E-state index is 11.6. The van der Waals surface area contributed by atoms with E-state index in [4.69, 9.17) is 0 Å². The van der Waals surface area contributed by atoms with E-state index in [2.05, 4.69) is 43.2 Å². The summed E-state index contributed by atoms with van der Waals surface area (Å²) in [6.07, 6.45) is 2.07. The summed E-state index contributed by atoms with van der Waals surface area (Å²) >= 11 is 1.65. The second-order valence-corrected chi connectivity index (χ2v) is 6.07. The van der Waals surface area contributed by atoms with Crippen molar-refractivity contribution in [3.63, 3.8) is 0 Å². The second-order valence-electron chi connectivity index (χ2n) is 5.08. The molecule has 5 nitrogen and oxygen atoms in total. The van der Waals surface area contributed by atoms with Gasteiger partial charge in [-0.25, -0.2) is 9.89 Å². The van der Waals surface area contributed by atoms with E-state index >= 15 is 0 Å². The molecule has 2 N–H and O–H groups in total. The zero-order chi connectivity index (χ0) is 14.3. The highest BCUT2D eigenvalue weighted by Crippen LogP contribution is 2.17. The van der Waals surface area contributed by atoms with E-state index in [-0.39, 0.29) is 5.69 Å². The molecule has 0 amide bonds. The van der Waals surface area contributed by atoms with Crippen LogP contribution in [0.2, 0.25) is 0 Å². The van der Waals surface area contributed by atoms with E-state index in [0.29, 0.717) is 12.0 Å². The van der Waals surface area contributed by atoms with Crippen molar-refractivity contribution in [2.24, 2.45) is 5.92 Å². The smallest absolute Gasteiger partial charge is 0.313 e. The average Bonchev–Trinajstić information content (AvgIpc) is 2.71. The molecule has 0 saturated heterocycles. The van der Waals surface area contributed by atoms with E-state index in [1.807, 2.05) is 0 Å². The van der Waals surface area contributed by atoms with Crippen molar-refractivity contribution in [3.8, 4) is 0 Å². The number of hydrogen-bond donors (Lipinski definition) is 2. The van der Waals surface area contributed by atoms with E-state index in [1.54, 1.807) is 16.3 Å². The number of thioether (sulfide) groups is 1. The Labute approximate surface area is 119 Å². The summed E-state index contributed by atoms with van der Waals surface area (Å²) in [7, 11) is 0. The Kier molecular flexibility index (Phi) is 7.23. The SMILES string of the molecule is CCCNC(CSc1n[nH]c(=O)n1CCC)C(C)C. The van der Waals surface area contributed by atoms with Crippen molar-refractivity contribution in [2.75, 3.05) is 12.3 Å². The van der Waals surface area contributed by atoms with Crippen LogP contribution in [-0.4, -0.2) is 33.1 Å². The number of H-pyrrole nitrogens is 1. The third-order valence-corrected chi connectivity index (χ3v) is 4.12. The molecule has 0 aliphatic carbocycles. The summed E-state index contributed by atoms with van der Waals surface area (Å²) in [4.78, 5) is 11.6. The summed E-state index contributed by atoms with van der Waals surface area (Å²) in [5.74, 6) is 1.51. The molecule has 0 fully saturated rings. The molecule has 110 valence electrons. The molecule has 1 aromatic heterocycles. The standard InChI is InChI=1S/C13H26N4OS/c1-5-7-14-11(10(3)4)9-19-13-16-15-12(18)17(13)8-6-2/h10-11,14H,5-9H2,1-4H3,(H,15,18). The maximum absolute atomic E-state index is 11.6. The Morgan fingerprint density at radius 2 is 2.11 bits per heavy atom. The Morgan fingerprint density at radius 3 is 2.68 bits per heavy atom. The van der Waals surface area contributed by atoms with E-state index < -0.39 is 0 Å². The minimum absolute atomic E-state index is 0.105. The van der Waals surface area contributed by atoms with Gasteiger partial charge in [0.05, 0.1) is 0 Å². The lowest BCUT2D eigenvalue weighted by Gasteiger charge is -2.21. The minimum atomic E-state index is -0.105. The number of aromatic nitrogens is 3. The van der Waals surface area contributed by atoms with Crippen LogP contribution < -0.4 is 11.0 Å². The first-order valence-electron chi connectivity index (χ1n) is 7.11. The van der Waals surface area contributed by atoms with Gasteiger partial charge in [-0.2, -0.15) is 0 Å². The van der Waals surface area contributed by atoms with Gasteiger partial charge in [-0.3, -0.25) is 4.57 Å². The molecule has 1 aromatic rings. The Balaban J connectivity index is 2.61. The molecule has 0 saturated carbocycles. The zero-order valence-electron chi connectivity index (χ0n) is 12.4. The number of nitrogens with one attached hydrogen (secondary N) is 2. The van der Waals surface area contributed by atoms with Gasteiger partial charge in [0.2, 0.25) is 0 Å². The monoisotopic (exact) mass is 286 g/mol. The number of nitrogens with zero attached hydrogens (tertiary/aromatic N) is 2. The molecular weight excluding hydrogens is 260 g/mol. The number of hydrogen-bond acceptors (Lipinski definition) is 4. The highest BCUT2D eigenvalue weighted by molar-refractivity contribution is 7.99. The van der Waals surface area contributed by atoms with Crippen molar-refractivity contribution >= 4 is 11.8 Å². The predicted octanol–water partition coefficient (Wildman–Crippen LogP) is 2.10. The van der Waals surface area contributed by atoms with Crippen LogP contribution in [0, 0.1) is 5.92 Å². The summed E-state index contributed by atoms with van der Waals surface area (Å²) in [6.45, 7) is 10.4. The van der Waals surface area contributed by atoms with Gasteiger partial charge in [0.25, 0.3) is 0 Å². The van der Waals surface area contributed by atoms with Crippen molar-refractivity contribution in [3.05, 3.63) is 10.5 Å². The Bertz CT molecular complexity index is 413. The third-order valence-electron chi connectivity index (χ3n) is 3.02. The molecule has 0 spiro atoms. The number of rotatable bonds is 9. The lowest BCUT2D eigenvalue weighted by atomic mass is 10.1. The molecule has 0 radical (unpaired) electrons. The number of aromatic amines is 1. The van der Waals surface area contributed by atoms with Gasteiger partial charge in [-0.1, -0.05) is 39.5 Å². The molecule has 19 heavy (non-hydrogen) atoms. The van der Waals surface area contributed by atoms with Crippen LogP contribution in [0.15, 0.2) is 9.95 Å². The Morgan fingerprint density at radius 1 is 1.37 bits per heavy atom. The van der Waals surface area contributed by atoms with Crippen LogP contribution in [-0.2, 0) is 6.54 Å². The fraction of sp³-hybridized carbons (Fsp3) is 0.846. The molecular formula is C13H26N4OS. The van der Waals surface area contributed by atoms with Crippen molar-refractivity contribution in [1.29, 1.82) is 0 Å². The van der Waals surface area contributed by atoms with Gasteiger partial charge in [-0.05, 0) is 25.3 Å². The summed E-state index contributed by atoms with van der Waals surface area (Å²) in [5, 5.41) is 11.0.